The van der Waals surface area contributed by atoms with Gasteiger partial charge in [-0.05, 0) is 18.1 Å². The fraction of sp³-hybridized carbons (Fsp3) is 0.381. The van der Waals surface area contributed by atoms with Crippen molar-refractivity contribution < 1.29 is 9.90 Å². The predicted molar refractivity (Wildman–Crippen MR) is 114 cm³/mol. The lowest BCUT2D eigenvalue weighted by Crippen LogP contribution is -2.49. The van der Waals surface area contributed by atoms with E-state index in [1.54, 1.807) is 22.9 Å². The highest BCUT2D eigenvalue weighted by molar-refractivity contribution is 5.99. The van der Waals surface area contributed by atoms with E-state index in [4.69, 9.17) is 5.11 Å². The maximum Gasteiger partial charge on any atom is 0.255 e. The molecule has 29 heavy (non-hydrogen) atoms. The second kappa shape index (κ2) is 9.49. The van der Waals surface area contributed by atoms with Crippen LogP contribution in [-0.4, -0.2) is 81.3 Å². The van der Waals surface area contributed by atoms with Gasteiger partial charge >= 0.3 is 0 Å². The van der Waals surface area contributed by atoms with Crippen molar-refractivity contribution in [1.82, 2.24) is 24.4 Å². The molecule has 0 radical (unpaired) electrons. The first-order valence-electron chi connectivity index (χ1n) is 9.72. The number of anilines is 1. The zero-order chi connectivity index (χ0) is 20.8. The Morgan fingerprint density at radius 1 is 1.31 bits per heavy atom. The van der Waals surface area contributed by atoms with E-state index in [1.165, 1.54) is 6.33 Å². The molecule has 0 aliphatic carbocycles. The van der Waals surface area contributed by atoms with Gasteiger partial charge in [-0.1, -0.05) is 31.4 Å². The van der Waals surface area contributed by atoms with E-state index in [0.29, 0.717) is 37.6 Å². The first-order valence-corrected chi connectivity index (χ1v) is 9.72. The highest BCUT2D eigenvalue weighted by atomic mass is 16.3. The quantitative estimate of drug-likeness (QED) is 0.658. The second-order valence-electron chi connectivity index (χ2n) is 6.96. The number of hydrogen-bond donors (Lipinski definition) is 2. The molecule has 0 bridgehead atoms. The highest BCUT2D eigenvalue weighted by Gasteiger charge is 2.25. The monoisotopic (exact) mass is 396 g/mol. The number of carbonyl (C=O) groups excluding carboxylic acids is 1. The van der Waals surface area contributed by atoms with E-state index < -0.39 is 0 Å². The molecule has 1 aliphatic rings. The van der Waals surface area contributed by atoms with E-state index in [0.717, 1.165) is 29.7 Å². The van der Waals surface area contributed by atoms with Crippen LogP contribution in [0.3, 0.4) is 0 Å². The van der Waals surface area contributed by atoms with Crippen molar-refractivity contribution in [3.63, 3.8) is 0 Å². The Morgan fingerprint density at radius 3 is 2.72 bits per heavy atom. The lowest BCUT2D eigenvalue weighted by atomic mass is 10.1. The summed E-state index contributed by atoms with van der Waals surface area (Å²) in [7, 11) is 0. The van der Waals surface area contributed by atoms with Crippen LogP contribution < -0.4 is 5.32 Å². The lowest BCUT2D eigenvalue weighted by molar-refractivity contribution is 0.0614. The molecule has 1 fully saturated rings. The van der Waals surface area contributed by atoms with Crippen LogP contribution in [0.5, 0.6) is 0 Å². The van der Waals surface area contributed by atoms with Crippen molar-refractivity contribution in [3.8, 4) is 0 Å². The molecular weight excluding hydrogens is 368 g/mol. The average molecular weight is 396 g/mol. The molecule has 2 aromatic rings. The summed E-state index contributed by atoms with van der Waals surface area (Å²) in [4.78, 5) is 21.5. The zero-order valence-electron chi connectivity index (χ0n) is 16.8. The molecule has 2 N–H and O–H groups in total. The van der Waals surface area contributed by atoms with Gasteiger partial charge in [-0.3, -0.25) is 9.69 Å². The number of aromatic nitrogens is 3. The van der Waals surface area contributed by atoms with E-state index in [9.17, 15) is 4.79 Å². The fourth-order valence-corrected chi connectivity index (χ4v) is 3.53. The molecule has 0 spiro atoms. The van der Waals surface area contributed by atoms with Gasteiger partial charge in [0.25, 0.3) is 5.91 Å². The van der Waals surface area contributed by atoms with Crippen LogP contribution in [0, 0.1) is 6.92 Å². The summed E-state index contributed by atoms with van der Waals surface area (Å²) in [5.41, 5.74) is 3.26. The minimum absolute atomic E-state index is 0.000863. The summed E-state index contributed by atoms with van der Waals surface area (Å²) in [6.07, 6.45) is 8.61. The van der Waals surface area contributed by atoms with E-state index in [2.05, 4.69) is 33.5 Å². The minimum atomic E-state index is 0.000863. The molecule has 8 nitrogen and oxygen atoms in total. The van der Waals surface area contributed by atoms with E-state index in [-0.39, 0.29) is 12.5 Å². The van der Waals surface area contributed by atoms with Crippen molar-refractivity contribution in [2.24, 2.45) is 0 Å². The number of β-amino-alcohol motifs (C(OH)–C–C–N with tert-alkyl or cyclic N) is 1. The smallest absolute Gasteiger partial charge is 0.255 e. The molecule has 0 atom stereocenters. The number of nitrogens with zero attached hydrogens (tertiary/aromatic N) is 5. The Morgan fingerprint density at radius 2 is 2.07 bits per heavy atom. The number of allylic oxidation sites excluding steroid dienone is 2. The molecule has 154 valence electrons. The standard InChI is InChI=1S/C21H28N6O2/c1-4-6-17(5-2)13-22-20-19-16(3)18(14-27(19)24-15-23-20)21(29)26-9-7-25(8-10-26)11-12-28/h4-6,14-15,28H,1-2,7-13H2,3H3,(H,22,23,24)/b17-6+. The summed E-state index contributed by atoms with van der Waals surface area (Å²) in [6, 6.07) is 0. The zero-order valence-corrected chi connectivity index (χ0v) is 16.8. The predicted octanol–water partition coefficient (Wildman–Crippen LogP) is 1.50. The summed E-state index contributed by atoms with van der Waals surface area (Å²) in [5.74, 6) is 0.669. The normalized spacial score (nSPS) is 15.5. The van der Waals surface area contributed by atoms with Crippen LogP contribution in [0.15, 0.2) is 49.5 Å². The third kappa shape index (κ3) is 4.55. The Hall–Kier alpha value is -2.97. The molecule has 0 aromatic carbocycles. The minimum Gasteiger partial charge on any atom is -0.395 e. The van der Waals surface area contributed by atoms with Gasteiger partial charge in [0.05, 0.1) is 12.2 Å². The Labute approximate surface area is 170 Å². The third-order valence-electron chi connectivity index (χ3n) is 5.19. The first kappa shape index (κ1) is 20.8. The molecule has 3 heterocycles. The van der Waals surface area contributed by atoms with Crippen LogP contribution in [0.1, 0.15) is 15.9 Å². The van der Waals surface area contributed by atoms with Crippen LogP contribution in [-0.2, 0) is 0 Å². The van der Waals surface area contributed by atoms with Gasteiger partial charge < -0.3 is 15.3 Å². The Bertz CT molecular complexity index is 925. The number of aliphatic hydroxyl groups is 1. The van der Waals surface area contributed by atoms with Gasteiger partial charge in [0, 0.05) is 45.5 Å². The molecule has 8 heteroatoms. The van der Waals surface area contributed by atoms with Crippen molar-refractivity contribution in [2.45, 2.75) is 6.92 Å². The molecule has 1 saturated heterocycles. The SMILES string of the molecule is C=C/C=C(\C=C)CNc1ncnn2cc(C(=O)N3CCN(CCO)CC3)c(C)c12. The number of piperazine rings is 1. The summed E-state index contributed by atoms with van der Waals surface area (Å²) in [6.45, 7) is 13.6. The third-order valence-corrected chi connectivity index (χ3v) is 5.19. The second-order valence-corrected chi connectivity index (χ2v) is 6.96. The summed E-state index contributed by atoms with van der Waals surface area (Å²) in [5, 5.41) is 16.7. The van der Waals surface area contributed by atoms with Crippen molar-refractivity contribution in [2.75, 3.05) is 51.2 Å². The maximum absolute atomic E-state index is 13.1. The number of fused-ring (bicyclic) bond motifs is 1. The molecule has 0 saturated carbocycles. The van der Waals surface area contributed by atoms with Crippen LogP contribution >= 0.6 is 0 Å². The molecular formula is C21H28N6O2. The van der Waals surface area contributed by atoms with Gasteiger partial charge in [-0.15, -0.1) is 0 Å². The number of hydrogen-bond acceptors (Lipinski definition) is 6. The number of nitrogens with one attached hydrogen (secondary N) is 1. The Balaban J connectivity index is 1.81. The largest absolute Gasteiger partial charge is 0.395 e. The van der Waals surface area contributed by atoms with Crippen LogP contribution in [0.25, 0.3) is 5.52 Å². The summed E-state index contributed by atoms with van der Waals surface area (Å²) >= 11 is 0. The van der Waals surface area contributed by atoms with Crippen molar-refractivity contribution in [3.05, 3.63) is 60.6 Å². The Kier molecular flexibility index (Phi) is 6.79. The average Bonchev–Trinajstić information content (AvgIpc) is 3.08. The maximum atomic E-state index is 13.1. The van der Waals surface area contributed by atoms with Crippen LogP contribution in [0.4, 0.5) is 5.82 Å². The van der Waals surface area contributed by atoms with Gasteiger partial charge in [0.2, 0.25) is 0 Å². The molecule has 1 amide bonds. The molecule has 2 aromatic heterocycles. The highest BCUT2D eigenvalue weighted by Crippen LogP contribution is 2.24. The van der Waals surface area contributed by atoms with Crippen molar-refractivity contribution >= 4 is 17.2 Å². The molecule has 0 unspecified atom stereocenters. The number of rotatable bonds is 8. The molecule has 1 aliphatic heterocycles. The first-order chi connectivity index (χ1) is 14.1. The lowest BCUT2D eigenvalue weighted by Gasteiger charge is -2.34. The number of amides is 1. The van der Waals surface area contributed by atoms with Crippen molar-refractivity contribution in [1.29, 1.82) is 0 Å². The van der Waals surface area contributed by atoms with Gasteiger partial charge in [0.1, 0.15) is 11.8 Å². The number of carbonyl (C=O) groups is 1. The van der Waals surface area contributed by atoms with Gasteiger partial charge in [0.15, 0.2) is 5.82 Å². The van der Waals surface area contributed by atoms with E-state index >= 15 is 0 Å². The number of aliphatic hydroxyl groups excluding tert-OH is 1. The van der Waals surface area contributed by atoms with Gasteiger partial charge in [-0.2, -0.15) is 5.10 Å². The fourth-order valence-electron chi connectivity index (χ4n) is 3.53. The number of aryl methyl sites for hydroxylation is 1. The summed E-state index contributed by atoms with van der Waals surface area (Å²) < 4.78 is 1.70. The van der Waals surface area contributed by atoms with Gasteiger partial charge in [-0.25, -0.2) is 9.50 Å². The molecule has 3 rings (SSSR count). The van der Waals surface area contributed by atoms with Crippen LogP contribution in [0.2, 0.25) is 0 Å². The van der Waals surface area contributed by atoms with E-state index in [1.807, 2.05) is 17.9 Å². The topological polar surface area (TPSA) is 86.0 Å².